The molecule has 3 nitrogen and oxygen atoms in total. The van der Waals surface area contributed by atoms with Crippen LogP contribution in [0.5, 0.6) is 5.75 Å². The number of para-hydroxylation sites is 2. The lowest BCUT2D eigenvalue weighted by molar-refractivity contribution is -0.274. The van der Waals surface area contributed by atoms with E-state index < -0.39 is 6.36 Å². The Morgan fingerprint density at radius 1 is 0.929 bits per heavy atom. The van der Waals surface area contributed by atoms with Crippen LogP contribution in [0.4, 0.5) is 24.5 Å². The third kappa shape index (κ3) is 4.22. The number of hydrogen-bond donors (Lipinski definition) is 1. The van der Waals surface area contributed by atoms with Gasteiger partial charge < -0.3 is 15.0 Å². The van der Waals surface area contributed by atoms with Gasteiger partial charge in [-0.25, -0.2) is 0 Å². The van der Waals surface area contributed by atoms with E-state index in [0.29, 0.717) is 13.1 Å². The summed E-state index contributed by atoms with van der Waals surface area (Å²) in [6, 6.07) is 24.3. The molecule has 0 aromatic heterocycles. The third-order valence-corrected chi connectivity index (χ3v) is 4.68. The van der Waals surface area contributed by atoms with Crippen molar-refractivity contribution in [3.05, 3.63) is 90.0 Å². The number of rotatable bonds is 4. The first-order valence-corrected chi connectivity index (χ1v) is 8.98. The van der Waals surface area contributed by atoms with E-state index in [1.807, 2.05) is 48.5 Å². The number of hydrogen-bond acceptors (Lipinski definition) is 3. The van der Waals surface area contributed by atoms with E-state index in [4.69, 9.17) is 0 Å². The summed E-state index contributed by atoms with van der Waals surface area (Å²) in [7, 11) is 0. The molecule has 1 heterocycles. The zero-order chi connectivity index (χ0) is 19.6. The van der Waals surface area contributed by atoms with Crippen molar-refractivity contribution in [1.82, 2.24) is 0 Å². The SMILES string of the molecule is FC(F)(F)Oc1cccc(CN2CC(c3ccccc3)Nc3ccccc32)c1. The molecule has 1 unspecified atom stereocenters. The Morgan fingerprint density at radius 2 is 1.68 bits per heavy atom. The van der Waals surface area contributed by atoms with Gasteiger partial charge in [-0.15, -0.1) is 13.2 Å². The van der Waals surface area contributed by atoms with Gasteiger partial charge >= 0.3 is 6.36 Å². The van der Waals surface area contributed by atoms with Gasteiger partial charge in [-0.05, 0) is 35.4 Å². The van der Waals surface area contributed by atoms with Crippen molar-refractivity contribution >= 4 is 11.4 Å². The van der Waals surface area contributed by atoms with Gasteiger partial charge in [-0.1, -0.05) is 54.6 Å². The second-order valence-corrected chi connectivity index (χ2v) is 6.70. The molecule has 3 aromatic carbocycles. The van der Waals surface area contributed by atoms with Crippen LogP contribution >= 0.6 is 0 Å². The summed E-state index contributed by atoms with van der Waals surface area (Å²) in [5.41, 5.74) is 3.95. The lowest BCUT2D eigenvalue weighted by Crippen LogP contribution is -2.36. The van der Waals surface area contributed by atoms with Crippen molar-refractivity contribution in [2.24, 2.45) is 0 Å². The van der Waals surface area contributed by atoms with Gasteiger partial charge in [0.1, 0.15) is 5.75 Å². The standard InChI is InChI=1S/C22H19F3N2O/c23-22(24,25)28-18-10-6-7-16(13-18)14-27-15-20(17-8-2-1-3-9-17)26-19-11-4-5-12-21(19)27/h1-13,20,26H,14-15H2. The van der Waals surface area contributed by atoms with Gasteiger partial charge in [0.15, 0.2) is 0 Å². The number of nitrogens with zero attached hydrogens (tertiary/aromatic N) is 1. The van der Waals surface area contributed by atoms with Crippen molar-refractivity contribution in [2.75, 3.05) is 16.8 Å². The quantitative estimate of drug-likeness (QED) is 0.619. The Morgan fingerprint density at radius 3 is 2.46 bits per heavy atom. The van der Waals surface area contributed by atoms with Crippen LogP contribution in [0.1, 0.15) is 17.2 Å². The molecule has 0 saturated carbocycles. The second-order valence-electron chi connectivity index (χ2n) is 6.70. The van der Waals surface area contributed by atoms with Crippen LogP contribution in [0.25, 0.3) is 0 Å². The minimum atomic E-state index is -4.70. The zero-order valence-electron chi connectivity index (χ0n) is 15.0. The van der Waals surface area contributed by atoms with Crippen molar-refractivity contribution in [1.29, 1.82) is 0 Å². The Hall–Kier alpha value is -3.15. The Kier molecular flexibility index (Phi) is 4.86. The third-order valence-electron chi connectivity index (χ3n) is 4.68. The summed E-state index contributed by atoms with van der Waals surface area (Å²) in [6.07, 6.45) is -4.70. The van der Waals surface area contributed by atoms with E-state index >= 15 is 0 Å². The van der Waals surface area contributed by atoms with Crippen molar-refractivity contribution in [3.63, 3.8) is 0 Å². The molecule has 0 spiro atoms. The Bertz CT molecular complexity index is 944. The fraction of sp³-hybridized carbons (Fsp3) is 0.182. The summed E-state index contributed by atoms with van der Waals surface area (Å²) in [6.45, 7) is 1.18. The number of halogens is 3. The van der Waals surface area contributed by atoms with E-state index in [-0.39, 0.29) is 11.8 Å². The summed E-state index contributed by atoms with van der Waals surface area (Å²) < 4.78 is 41.6. The summed E-state index contributed by atoms with van der Waals surface area (Å²) in [4.78, 5) is 2.18. The fourth-order valence-electron chi connectivity index (χ4n) is 3.51. The molecule has 0 aliphatic carbocycles. The lowest BCUT2D eigenvalue weighted by atomic mass is 10.0. The van der Waals surface area contributed by atoms with Gasteiger partial charge in [-0.2, -0.15) is 0 Å². The molecule has 144 valence electrons. The molecule has 0 amide bonds. The number of ether oxygens (including phenoxy) is 1. The van der Waals surface area contributed by atoms with Crippen LogP contribution in [0.2, 0.25) is 0 Å². The number of alkyl halides is 3. The average molecular weight is 384 g/mol. The van der Waals surface area contributed by atoms with E-state index in [2.05, 4.69) is 27.1 Å². The lowest BCUT2D eigenvalue weighted by Gasteiger charge is -2.37. The predicted octanol–water partition coefficient (Wildman–Crippen LogP) is 5.76. The number of nitrogens with one attached hydrogen (secondary N) is 1. The molecule has 6 heteroatoms. The molecule has 3 aromatic rings. The van der Waals surface area contributed by atoms with Crippen LogP contribution in [0, 0.1) is 0 Å². The molecule has 0 bridgehead atoms. The van der Waals surface area contributed by atoms with Gasteiger partial charge in [0.05, 0.1) is 17.4 Å². The van der Waals surface area contributed by atoms with E-state index in [1.165, 1.54) is 12.1 Å². The van der Waals surface area contributed by atoms with Gasteiger partial charge in [0.25, 0.3) is 0 Å². The van der Waals surface area contributed by atoms with E-state index in [9.17, 15) is 13.2 Å². The van der Waals surface area contributed by atoms with Crippen LogP contribution in [-0.2, 0) is 6.54 Å². The monoisotopic (exact) mass is 384 g/mol. The second kappa shape index (κ2) is 7.46. The van der Waals surface area contributed by atoms with Crippen LogP contribution in [0.15, 0.2) is 78.9 Å². The zero-order valence-corrected chi connectivity index (χ0v) is 15.0. The molecule has 1 aliphatic rings. The van der Waals surface area contributed by atoms with Gasteiger partial charge in [0, 0.05) is 13.1 Å². The normalized spacial score (nSPS) is 16.2. The summed E-state index contributed by atoms with van der Waals surface area (Å²) in [5, 5.41) is 3.56. The van der Waals surface area contributed by atoms with Gasteiger partial charge in [-0.3, -0.25) is 0 Å². The summed E-state index contributed by atoms with van der Waals surface area (Å²) >= 11 is 0. The Balaban J connectivity index is 1.60. The first kappa shape index (κ1) is 18.2. The fourth-order valence-corrected chi connectivity index (χ4v) is 3.51. The highest BCUT2D eigenvalue weighted by molar-refractivity contribution is 5.73. The molecule has 1 N–H and O–H groups in total. The molecular formula is C22H19F3N2O. The largest absolute Gasteiger partial charge is 0.573 e. The smallest absolute Gasteiger partial charge is 0.406 e. The van der Waals surface area contributed by atoms with E-state index in [0.717, 1.165) is 22.5 Å². The molecule has 4 rings (SSSR count). The number of fused-ring (bicyclic) bond motifs is 1. The van der Waals surface area contributed by atoms with Crippen molar-refractivity contribution < 1.29 is 17.9 Å². The molecule has 1 aliphatic heterocycles. The van der Waals surface area contributed by atoms with Crippen molar-refractivity contribution in [3.8, 4) is 5.75 Å². The van der Waals surface area contributed by atoms with Gasteiger partial charge in [0.2, 0.25) is 0 Å². The average Bonchev–Trinajstić information content (AvgIpc) is 2.67. The maximum Gasteiger partial charge on any atom is 0.573 e. The predicted molar refractivity (Wildman–Crippen MR) is 103 cm³/mol. The summed E-state index contributed by atoms with van der Waals surface area (Å²) in [5.74, 6) is -0.201. The van der Waals surface area contributed by atoms with Crippen LogP contribution in [-0.4, -0.2) is 12.9 Å². The molecule has 0 radical (unpaired) electrons. The first-order valence-electron chi connectivity index (χ1n) is 8.98. The molecular weight excluding hydrogens is 365 g/mol. The minimum Gasteiger partial charge on any atom is -0.406 e. The van der Waals surface area contributed by atoms with E-state index in [1.54, 1.807) is 6.07 Å². The topological polar surface area (TPSA) is 24.5 Å². The maximum atomic E-state index is 12.5. The number of anilines is 2. The Labute approximate surface area is 161 Å². The maximum absolute atomic E-state index is 12.5. The highest BCUT2D eigenvalue weighted by Gasteiger charge is 2.31. The van der Waals surface area contributed by atoms with Crippen molar-refractivity contribution in [2.45, 2.75) is 18.9 Å². The molecule has 28 heavy (non-hydrogen) atoms. The first-order chi connectivity index (χ1) is 13.5. The highest BCUT2D eigenvalue weighted by atomic mass is 19.4. The van der Waals surface area contributed by atoms with Crippen LogP contribution in [0.3, 0.4) is 0 Å². The minimum absolute atomic E-state index is 0.0886. The highest BCUT2D eigenvalue weighted by Crippen LogP contribution is 2.36. The molecule has 0 saturated heterocycles. The molecule has 0 fully saturated rings. The van der Waals surface area contributed by atoms with Crippen LogP contribution < -0.4 is 15.0 Å². The molecule has 1 atom stereocenters. The number of benzene rings is 3.